The van der Waals surface area contributed by atoms with Crippen molar-refractivity contribution >= 4 is 11.9 Å². The highest BCUT2D eigenvalue weighted by atomic mass is 16.5. The molecule has 0 heterocycles. The van der Waals surface area contributed by atoms with Crippen LogP contribution in [0.2, 0.25) is 0 Å². The summed E-state index contributed by atoms with van der Waals surface area (Å²) in [4.78, 5) is 22.2. The van der Waals surface area contributed by atoms with Crippen LogP contribution in [0.15, 0.2) is 24.3 Å². The molecule has 0 saturated carbocycles. The lowest BCUT2D eigenvalue weighted by molar-refractivity contribution is 0.0599. The second kappa shape index (κ2) is 5.77. The first-order valence-electron chi connectivity index (χ1n) is 3.95. The molecule has 5 heteroatoms. The van der Waals surface area contributed by atoms with Crippen LogP contribution in [0.5, 0.6) is 0 Å². The van der Waals surface area contributed by atoms with Gasteiger partial charge in [0.05, 0.1) is 25.3 Å². The van der Waals surface area contributed by atoms with E-state index in [0.717, 1.165) is 0 Å². The topological polar surface area (TPSA) is 87.6 Å². The number of carbonyl (C=O) groups excluding carboxylic acids is 2. The lowest BCUT2D eigenvalue weighted by Gasteiger charge is -2.01. The molecule has 0 saturated heterocycles. The van der Waals surface area contributed by atoms with Crippen molar-refractivity contribution < 1.29 is 19.1 Å². The fourth-order valence-electron chi connectivity index (χ4n) is 1.01. The van der Waals surface area contributed by atoms with E-state index in [-0.39, 0.29) is 6.15 Å². The Morgan fingerprint density at radius 3 is 1.73 bits per heavy atom. The number of carbonyl (C=O) groups is 2. The predicted octanol–water partition coefficient (Wildman–Crippen LogP) is 1.42. The van der Waals surface area contributed by atoms with E-state index >= 15 is 0 Å². The van der Waals surface area contributed by atoms with Crippen molar-refractivity contribution in [2.45, 2.75) is 0 Å². The van der Waals surface area contributed by atoms with Gasteiger partial charge < -0.3 is 15.6 Å². The predicted molar refractivity (Wildman–Crippen MR) is 54.1 cm³/mol. The molecule has 0 aliphatic rings. The number of hydrogen-bond acceptors (Lipinski definition) is 5. The van der Waals surface area contributed by atoms with Crippen molar-refractivity contribution in [3.63, 3.8) is 0 Å². The summed E-state index contributed by atoms with van der Waals surface area (Å²) >= 11 is 0. The molecule has 0 unspecified atom stereocenters. The second-order valence-corrected chi connectivity index (χ2v) is 2.56. The average molecular weight is 211 g/mol. The van der Waals surface area contributed by atoms with Crippen LogP contribution in [-0.4, -0.2) is 26.2 Å². The van der Waals surface area contributed by atoms with Gasteiger partial charge in [-0.1, -0.05) is 6.07 Å². The number of rotatable bonds is 2. The zero-order chi connectivity index (χ0) is 10.6. The molecule has 3 N–H and O–H groups in total. The van der Waals surface area contributed by atoms with Crippen LogP contribution in [0.4, 0.5) is 0 Å². The Labute approximate surface area is 87.6 Å². The zero-order valence-corrected chi connectivity index (χ0v) is 8.65. The molecule has 0 radical (unpaired) electrons. The van der Waals surface area contributed by atoms with E-state index in [1.165, 1.54) is 20.3 Å². The van der Waals surface area contributed by atoms with Crippen molar-refractivity contribution in [1.82, 2.24) is 6.15 Å². The molecule has 0 aliphatic carbocycles. The molecular formula is C10H13NO4. The molecule has 1 aromatic rings. The maximum atomic E-state index is 11.1. The maximum Gasteiger partial charge on any atom is 0.337 e. The third-order valence-corrected chi connectivity index (χ3v) is 1.70. The van der Waals surface area contributed by atoms with Gasteiger partial charge in [-0.15, -0.1) is 0 Å². The van der Waals surface area contributed by atoms with Crippen LogP contribution < -0.4 is 6.15 Å². The van der Waals surface area contributed by atoms with Gasteiger partial charge in [0.15, 0.2) is 0 Å². The standard InChI is InChI=1S/C10H10O4.H3N/c1-13-9(11)7-4-3-5-8(6-7)10(12)14-2;/h3-6H,1-2H3;1H3. The molecule has 0 amide bonds. The summed E-state index contributed by atoms with van der Waals surface area (Å²) in [6, 6.07) is 6.16. The molecular weight excluding hydrogens is 198 g/mol. The summed E-state index contributed by atoms with van der Waals surface area (Å²) in [6.45, 7) is 0. The van der Waals surface area contributed by atoms with Crippen molar-refractivity contribution in [2.24, 2.45) is 0 Å². The normalized spacial score (nSPS) is 8.67. The summed E-state index contributed by atoms with van der Waals surface area (Å²) in [6.07, 6.45) is 0. The van der Waals surface area contributed by atoms with Crippen LogP contribution >= 0.6 is 0 Å². The second-order valence-electron chi connectivity index (χ2n) is 2.56. The number of hydrogen-bond donors (Lipinski definition) is 1. The summed E-state index contributed by atoms with van der Waals surface area (Å²) in [7, 11) is 2.57. The molecule has 0 atom stereocenters. The SMILES string of the molecule is COC(=O)c1cccc(C(=O)OC)c1.N. The van der Waals surface area contributed by atoms with Gasteiger partial charge in [0, 0.05) is 0 Å². The largest absolute Gasteiger partial charge is 0.465 e. The third kappa shape index (κ3) is 3.07. The zero-order valence-electron chi connectivity index (χ0n) is 8.65. The van der Waals surface area contributed by atoms with Gasteiger partial charge in [0.2, 0.25) is 0 Å². The molecule has 0 fully saturated rings. The number of methoxy groups -OCH3 is 2. The van der Waals surface area contributed by atoms with Crippen molar-refractivity contribution in [2.75, 3.05) is 14.2 Å². The maximum absolute atomic E-state index is 11.1. The van der Waals surface area contributed by atoms with Crippen molar-refractivity contribution in [1.29, 1.82) is 0 Å². The Kier molecular flexibility index (Phi) is 5.04. The summed E-state index contributed by atoms with van der Waals surface area (Å²) in [5.41, 5.74) is 0.658. The first kappa shape index (κ1) is 13.1. The number of ether oxygens (including phenoxy) is 2. The van der Waals surface area contributed by atoms with Gasteiger partial charge in [0.1, 0.15) is 0 Å². The molecule has 0 spiro atoms. The summed E-state index contributed by atoms with van der Waals surface area (Å²) in [5, 5.41) is 0. The average Bonchev–Trinajstić information content (AvgIpc) is 2.27. The first-order valence-corrected chi connectivity index (χ1v) is 3.95. The van der Waals surface area contributed by atoms with E-state index in [1.807, 2.05) is 0 Å². The summed E-state index contributed by atoms with van der Waals surface area (Å²) in [5.74, 6) is -0.952. The molecule has 1 aromatic carbocycles. The van der Waals surface area contributed by atoms with Gasteiger partial charge in [-0.2, -0.15) is 0 Å². The highest BCUT2D eigenvalue weighted by Gasteiger charge is 2.09. The van der Waals surface area contributed by atoms with Crippen LogP contribution in [0.1, 0.15) is 20.7 Å². The Morgan fingerprint density at radius 2 is 1.40 bits per heavy atom. The number of esters is 2. The van der Waals surface area contributed by atoms with E-state index in [4.69, 9.17) is 0 Å². The van der Waals surface area contributed by atoms with E-state index in [9.17, 15) is 9.59 Å². The van der Waals surface area contributed by atoms with Crippen LogP contribution in [0, 0.1) is 0 Å². The van der Waals surface area contributed by atoms with Crippen LogP contribution in [0.3, 0.4) is 0 Å². The minimum atomic E-state index is -0.476. The monoisotopic (exact) mass is 211 g/mol. The van der Waals surface area contributed by atoms with Gasteiger partial charge in [-0.05, 0) is 18.2 Å². The number of benzene rings is 1. The van der Waals surface area contributed by atoms with Crippen LogP contribution in [-0.2, 0) is 9.47 Å². The van der Waals surface area contributed by atoms with Crippen LogP contribution in [0.25, 0.3) is 0 Å². The van der Waals surface area contributed by atoms with Gasteiger partial charge in [-0.25, -0.2) is 9.59 Å². The fraction of sp³-hybridized carbons (Fsp3) is 0.200. The molecule has 0 bridgehead atoms. The van der Waals surface area contributed by atoms with Gasteiger partial charge in [-0.3, -0.25) is 0 Å². The van der Waals surface area contributed by atoms with E-state index in [0.29, 0.717) is 11.1 Å². The smallest absolute Gasteiger partial charge is 0.337 e. The highest BCUT2D eigenvalue weighted by Crippen LogP contribution is 2.07. The molecule has 5 nitrogen and oxygen atoms in total. The van der Waals surface area contributed by atoms with Crippen molar-refractivity contribution in [3.05, 3.63) is 35.4 Å². The Bertz CT molecular complexity index is 331. The highest BCUT2D eigenvalue weighted by molar-refractivity contribution is 5.95. The molecule has 0 aromatic heterocycles. The Hall–Kier alpha value is -1.88. The fourth-order valence-corrected chi connectivity index (χ4v) is 1.01. The lowest BCUT2D eigenvalue weighted by atomic mass is 10.1. The van der Waals surface area contributed by atoms with Crippen molar-refractivity contribution in [3.8, 4) is 0 Å². The molecule has 1 rings (SSSR count). The molecule has 82 valence electrons. The quantitative estimate of drug-likeness (QED) is 0.747. The van der Waals surface area contributed by atoms with Gasteiger partial charge >= 0.3 is 11.9 Å². The molecule has 15 heavy (non-hydrogen) atoms. The van der Waals surface area contributed by atoms with E-state index in [1.54, 1.807) is 18.2 Å². The minimum absolute atomic E-state index is 0. The van der Waals surface area contributed by atoms with E-state index < -0.39 is 11.9 Å². The first-order chi connectivity index (χ1) is 6.69. The molecule has 0 aliphatic heterocycles. The Morgan fingerprint density at radius 1 is 1.00 bits per heavy atom. The minimum Gasteiger partial charge on any atom is -0.465 e. The Balaban J connectivity index is 0.00000196. The van der Waals surface area contributed by atoms with E-state index in [2.05, 4.69) is 9.47 Å². The third-order valence-electron chi connectivity index (χ3n) is 1.70. The summed E-state index contributed by atoms with van der Waals surface area (Å²) < 4.78 is 9.03. The van der Waals surface area contributed by atoms with Gasteiger partial charge in [0.25, 0.3) is 0 Å². The lowest BCUT2D eigenvalue weighted by Crippen LogP contribution is -2.05.